The lowest BCUT2D eigenvalue weighted by atomic mass is 9.80. The van der Waals surface area contributed by atoms with Gasteiger partial charge in [-0.05, 0) is 82.4 Å². The number of nitrogens with zero attached hydrogens (tertiary/aromatic N) is 1. The van der Waals surface area contributed by atoms with Crippen molar-refractivity contribution in [2.24, 2.45) is 11.8 Å². The van der Waals surface area contributed by atoms with E-state index in [4.69, 9.17) is 0 Å². The molecule has 0 radical (unpaired) electrons. The van der Waals surface area contributed by atoms with Gasteiger partial charge in [-0.1, -0.05) is 25.0 Å². The van der Waals surface area contributed by atoms with Crippen LogP contribution in [0.25, 0.3) is 0 Å². The molecule has 7 heteroatoms. The molecule has 0 bridgehead atoms. The highest BCUT2D eigenvalue weighted by Crippen LogP contribution is 2.34. The highest BCUT2D eigenvalue weighted by molar-refractivity contribution is 7.93. The second-order valence-corrected chi connectivity index (χ2v) is 14.5. The van der Waals surface area contributed by atoms with Crippen molar-refractivity contribution >= 4 is 25.5 Å². The zero-order chi connectivity index (χ0) is 21.3. The SMILES string of the molecule is CC(C)(C)S(=O)(=O)CC1CCC(CCc2cccc(N3CCCS3(=O)=O)c2)CC1. The molecule has 1 saturated carbocycles. The first-order valence-electron chi connectivity index (χ1n) is 10.8. The van der Waals surface area contributed by atoms with E-state index in [1.165, 1.54) is 9.87 Å². The van der Waals surface area contributed by atoms with E-state index < -0.39 is 24.6 Å². The van der Waals surface area contributed by atoms with Crippen LogP contribution in [0.3, 0.4) is 0 Å². The summed E-state index contributed by atoms with van der Waals surface area (Å²) in [6, 6.07) is 7.93. The van der Waals surface area contributed by atoms with E-state index in [1.807, 2.05) is 18.2 Å². The van der Waals surface area contributed by atoms with Gasteiger partial charge in [0.05, 0.1) is 21.9 Å². The Balaban J connectivity index is 1.51. The van der Waals surface area contributed by atoms with E-state index in [-0.39, 0.29) is 5.75 Å². The van der Waals surface area contributed by atoms with Crippen LogP contribution in [0.5, 0.6) is 0 Å². The maximum atomic E-state index is 12.5. The molecule has 1 aliphatic carbocycles. The molecule has 0 amide bonds. The van der Waals surface area contributed by atoms with Crippen molar-refractivity contribution in [2.75, 3.05) is 22.4 Å². The maximum absolute atomic E-state index is 12.5. The molecule has 1 saturated heterocycles. The molecule has 0 unspecified atom stereocenters. The van der Waals surface area contributed by atoms with Crippen molar-refractivity contribution in [3.8, 4) is 0 Å². The molecule has 0 aromatic heterocycles. The van der Waals surface area contributed by atoms with Gasteiger partial charge in [0, 0.05) is 6.54 Å². The first kappa shape index (κ1) is 22.6. The van der Waals surface area contributed by atoms with Crippen molar-refractivity contribution in [3.63, 3.8) is 0 Å². The highest BCUT2D eigenvalue weighted by atomic mass is 32.2. The summed E-state index contributed by atoms with van der Waals surface area (Å²) in [4.78, 5) is 0. The van der Waals surface area contributed by atoms with E-state index >= 15 is 0 Å². The smallest absolute Gasteiger partial charge is 0.235 e. The van der Waals surface area contributed by atoms with Gasteiger partial charge in [-0.3, -0.25) is 4.31 Å². The van der Waals surface area contributed by atoms with Crippen molar-refractivity contribution in [2.45, 2.75) is 70.5 Å². The normalized spacial score (nSPS) is 25.3. The fourth-order valence-electron chi connectivity index (χ4n) is 4.41. The van der Waals surface area contributed by atoms with Gasteiger partial charge in [0.25, 0.3) is 0 Å². The standard InChI is InChI=1S/C22H35NO4S2/c1-22(2,3)28(24,25)17-20-12-9-18(10-13-20)8-11-19-6-4-7-21(16-19)23-14-5-15-29(23,26)27/h4,6-7,16,18,20H,5,8-15,17H2,1-3H3. The number of hydrogen-bond donors (Lipinski definition) is 0. The summed E-state index contributed by atoms with van der Waals surface area (Å²) in [5.74, 6) is 1.47. The predicted molar refractivity (Wildman–Crippen MR) is 120 cm³/mol. The number of sulfone groups is 1. The van der Waals surface area contributed by atoms with Crippen molar-refractivity contribution < 1.29 is 16.8 Å². The number of rotatable bonds is 6. The Morgan fingerprint density at radius 3 is 2.31 bits per heavy atom. The van der Waals surface area contributed by atoms with Crippen LogP contribution < -0.4 is 4.31 Å². The zero-order valence-corrected chi connectivity index (χ0v) is 19.6. The fraction of sp³-hybridized carbons (Fsp3) is 0.727. The van der Waals surface area contributed by atoms with E-state index in [9.17, 15) is 16.8 Å². The monoisotopic (exact) mass is 441 g/mol. The lowest BCUT2D eigenvalue weighted by Gasteiger charge is -2.30. The van der Waals surface area contributed by atoms with E-state index in [0.717, 1.165) is 44.2 Å². The molecule has 29 heavy (non-hydrogen) atoms. The number of anilines is 1. The van der Waals surface area contributed by atoms with Crippen molar-refractivity contribution in [1.29, 1.82) is 0 Å². The van der Waals surface area contributed by atoms with Gasteiger partial charge in [-0.25, -0.2) is 16.8 Å². The minimum atomic E-state index is -3.14. The maximum Gasteiger partial charge on any atom is 0.235 e. The van der Waals surface area contributed by atoms with Gasteiger partial charge in [0.2, 0.25) is 10.0 Å². The molecule has 1 aromatic carbocycles. The third kappa shape index (κ3) is 5.54. The van der Waals surface area contributed by atoms with Gasteiger partial charge < -0.3 is 0 Å². The van der Waals surface area contributed by atoms with Gasteiger partial charge in [0.1, 0.15) is 0 Å². The molecule has 164 valence electrons. The van der Waals surface area contributed by atoms with Gasteiger partial charge in [-0.15, -0.1) is 0 Å². The fourth-order valence-corrected chi connectivity index (χ4v) is 7.42. The lowest BCUT2D eigenvalue weighted by molar-refractivity contribution is 0.278. The average molecular weight is 442 g/mol. The molecule has 0 atom stereocenters. The topological polar surface area (TPSA) is 71.5 Å². The number of sulfonamides is 1. The Morgan fingerprint density at radius 1 is 1.07 bits per heavy atom. The quantitative estimate of drug-likeness (QED) is 0.664. The summed E-state index contributed by atoms with van der Waals surface area (Å²) in [6.45, 7) is 5.94. The van der Waals surface area contributed by atoms with Gasteiger partial charge >= 0.3 is 0 Å². The van der Waals surface area contributed by atoms with Crippen molar-refractivity contribution in [3.05, 3.63) is 29.8 Å². The molecule has 1 aromatic rings. The number of benzene rings is 1. The third-order valence-electron chi connectivity index (χ3n) is 6.49. The summed E-state index contributed by atoms with van der Waals surface area (Å²) >= 11 is 0. The molecule has 1 heterocycles. The van der Waals surface area contributed by atoms with Crippen LogP contribution in [-0.2, 0) is 26.3 Å². The van der Waals surface area contributed by atoms with E-state index in [1.54, 1.807) is 20.8 Å². The van der Waals surface area contributed by atoms with Crippen molar-refractivity contribution in [1.82, 2.24) is 0 Å². The van der Waals surface area contributed by atoms with Crippen LogP contribution in [0.2, 0.25) is 0 Å². The third-order valence-corrected chi connectivity index (χ3v) is 11.1. The zero-order valence-electron chi connectivity index (χ0n) is 17.9. The van der Waals surface area contributed by atoms with Crippen LogP contribution >= 0.6 is 0 Å². The summed E-state index contributed by atoms with van der Waals surface area (Å²) in [5.41, 5.74) is 1.97. The molecule has 2 fully saturated rings. The molecule has 0 N–H and O–H groups in total. The summed E-state index contributed by atoms with van der Waals surface area (Å²) in [6.07, 6.45) is 6.88. The summed E-state index contributed by atoms with van der Waals surface area (Å²) in [5, 5.41) is 0. The van der Waals surface area contributed by atoms with Gasteiger partial charge in [0.15, 0.2) is 9.84 Å². The molecular weight excluding hydrogens is 406 g/mol. The van der Waals surface area contributed by atoms with Crippen LogP contribution in [0.15, 0.2) is 24.3 Å². The Kier molecular flexibility index (Phi) is 6.68. The van der Waals surface area contributed by atoms with Crippen LogP contribution in [0.4, 0.5) is 5.69 Å². The molecule has 1 aliphatic heterocycles. The Hall–Kier alpha value is -1.08. The summed E-state index contributed by atoms with van der Waals surface area (Å²) in [7, 11) is -6.19. The average Bonchev–Trinajstić information content (AvgIpc) is 2.99. The first-order valence-corrected chi connectivity index (χ1v) is 14.1. The molecule has 2 aliphatic rings. The minimum absolute atomic E-state index is 0.241. The van der Waals surface area contributed by atoms with Crippen LogP contribution in [0, 0.1) is 11.8 Å². The second kappa shape index (κ2) is 8.58. The summed E-state index contributed by atoms with van der Waals surface area (Å²) < 4.78 is 50.1. The Labute approximate surface area is 176 Å². The Morgan fingerprint density at radius 2 is 1.72 bits per heavy atom. The molecule has 5 nitrogen and oxygen atoms in total. The molecular formula is C22H35NO4S2. The van der Waals surface area contributed by atoms with Gasteiger partial charge in [-0.2, -0.15) is 0 Å². The largest absolute Gasteiger partial charge is 0.270 e. The highest BCUT2D eigenvalue weighted by Gasteiger charge is 2.33. The Bertz CT molecular complexity index is 908. The van der Waals surface area contributed by atoms with E-state index in [0.29, 0.717) is 30.6 Å². The van der Waals surface area contributed by atoms with Crippen LogP contribution in [0.1, 0.15) is 64.9 Å². The number of hydrogen-bond acceptors (Lipinski definition) is 4. The van der Waals surface area contributed by atoms with E-state index in [2.05, 4.69) is 6.07 Å². The molecule has 3 rings (SSSR count). The lowest BCUT2D eigenvalue weighted by Crippen LogP contribution is -2.34. The predicted octanol–water partition coefficient (Wildman–Crippen LogP) is 4.18. The van der Waals surface area contributed by atoms with Crippen LogP contribution in [-0.4, -0.2) is 39.6 Å². The number of aryl methyl sites for hydroxylation is 1. The minimum Gasteiger partial charge on any atom is -0.270 e. The first-order chi connectivity index (χ1) is 13.5. The second-order valence-electron chi connectivity index (χ2n) is 9.73. The molecule has 0 spiro atoms.